The van der Waals surface area contributed by atoms with Crippen molar-refractivity contribution in [2.45, 2.75) is 20.3 Å². The van der Waals surface area contributed by atoms with Gasteiger partial charge in [0.1, 0.15) is 0 Å². The van der Waals surface area contributed by atoms with Crippen LogP contribution in [0.2, 0.25) is 0 Å². The van der Waals surface area contributed by atoms with E-state index in [9.17, 15) is 0 Å². The highest BCUT2D eigenvalue weighted by atomic mass is 15.5. The second-order valence-electron chi connectivity index (χ2n) is 2.84. The van der Waals surface area contributed by atoms with E-state index >= 15 is 0 Å². The van der Waals surface area contributed by atoms with Gasteiger partial charge in [-0.1, -0.05) is 6.92 Å². The summed E-state index contributed by atoms with van der Waals surface area (Å²) in [5.41, 5.74) is 0. The molecule has 0 radical (unpaired) electrons. The van der Waals surface area contributed by atoms with Gasteiger partial charge < -0.3 is 0 Å². The first kappa shape index (κ1) is 11.9. The van der Waals surface area contributed by atoms with Crippen LogP contribution in [0.3, 0.4) is 0 Å². The van der Waals surface area contributed by atoms with Crippen LogP contribution in [0.15, 0.2) is 10.2 Å². The third-order valence-corrected chi connectivity index (χ3v) is 1.52. The van der Waals surface area contributed by atoms with Gasteiger partial charge in [0.05, 0.1) is 13.1 Å². The predicted octanol–water partition coefficient (Wildman–Crippen LogP) is 1.25. The van der Waals surface area contributed by atoms with Gasteiger partial charge >= 0.3 is 0 Å². The van der Waals surface area contributed by atoms with Crippen molar-refractivity contribution < 1.29 is 0 Å². The largest absolute Gasteiger partial charge is 0.299 e. The van der Waals surface area contributed by atoms with Gasteiger partial charge in [-0.15, -0.1) is 0 Å². The van der Waals surface area contributed by atoms with Crippen LogP contribution in [-0.2, 0) is 0 Å². The molecule has 13 heavy (non-hydrogen) atoms. The quantitative estimate of drug-likeness (QED) is 0.459. The lowest BCUT2D eigenvalue weighted by Crippen LogP contribution is -2.24. The van der Waals surface area contributed by atoms with Gasteiger partial charge in [0.25, 0.3) is 0 Å². The lowest BCUT2D eigenvalue weighted by molar-refractivity contribution is 0.272. The second-order valence-corrected chi connectivity index (χ2v) is 2.84. The minimum absolute atomic E-state index is 0.891. The van der Waals surface area contributed by atoms with Crippen LogP contribution in [0.1, 0.15) is 20.3 Å². The summed E-state index contributed by atoms with van der Waals surface area (Å²) in [4.78, 5) is 0. The Labute approximate surface area is 80.9 Å². The fourth-order valence-electron chi connectivity index (χ4n) is 0.823. The Balaban J connectivity index is 3.56. The molecule has 0 bridgehead atoms. The zero-order valence-electron chi connectivity index (χ0n) is 9.06. The molecule has 0 aliphatic heterocycles. The normalized spacial score (nSPS) is 11.4. The Hall–Kier alpha value is -1.06. The van der Waals surface area contributed by atoms with Crippen LogP contribution < -0.4 is 0 Å². The van der Waals surface area contributed by atoms with E-state index in [1.54, 1.807) is 6.21 Å². The fourth-order valence-corrected chi connectivity index (χ4v) is 0.823. The molecule has 0 saturated heterocycles. The Kier molecular flexibility index (Phi) is 6.96. The van der Waals surface area contributed by atoms with Crippen molar-refractivity contribution in [3.8, 4) is 0 Å². The number of hydrogen-bond acceptors (Lipinski definition) is 4. The molecule has 0 aliphatic rings. The average Bonchev–Trinajstić information content (AvgIpc) is 2.12. The highest BCUT2D eigenvalue weighted by Gasteiger charge is 1.94. The van der Waals surface area contributed by atoms with Crippen molar-refractivity contribution in [2.24, 2.45) is 10.2 Å². The first-order chi connectivity index (χ1) is 6.20. The zero-order valence-corrected chi connectivity index (χ0v) is 9.06. The molecule has 4 heteroatoms. The van der Waals surface area contributed by atoms with Crippen molar-refractivity contribution in [3.05, 3.63) is 0 Å². The molecular formula is C9H20N4. The third-order valence-electron chi connectivity index (χ3n) is 1.52. The molecule has 0 heterocycles. The fraction of sp³-hybridized carbons (Fsp3) is 0.778. The lowest BCUT2D eigenvalue weighted by atomic mass is 10.5. The molecule has 0 atom stereocenters. The second kappa shape index (κ2) is 7.58. The molecule has 0 aromatic heterocycles. The van der Waals surface area contributed by atoms with Gasteiger partial charge in [0.2, 0.25) is 0 Å². The number of hydrazone groups is 2. The van der Waals surface area contributed by atoms with E-state index in [2.05, 4.69) is 17.1 Å². The van der Waals surface area contributed by atoms with E-state index in [1.807, 2.05) is 37.3 Å². The van der Waals surface area contributed by atoms with Crippen LogP contribution in [0.25, 0.3) is 0 Å². The Morgan fingerprint density at radius 2 is 1.62 bits per heavy atom. The molecule has 0 unspecified atom stereocenters. The van der Waals surface area contributed by atoms with Crippen LogP contribution in [0.5, 0.6) is 0 Å². The Morgan fingerprint density at radius 1 is 1.08 bits per heavy atom. The van der Waals surface area contributed by atoms with E-state index in [-0.39, 0.29) is 0 Å². The maximum Gasteiger partial charge on any atom is 0.0549 e. The van der Waals surface area contributed by atoms with E-state index in [0.717, 1.165) is 19.5 Å². The first-order valence-electron chi connectivity index (χ1n) is 4.64. The number of rotatable bonds is 6. The van der Waals surface area contributed by atoms with Crippen molar-refractivity contribution in [2.75, 3.05) is 27.2 Å². The van der Waals surface area contributed by atoms with Gasteiger partial charge in [0.15, 0.2) is 0 Å². The minimum atomic E-state index is 0.891. The highest BCUT2D eigenvalue weighted by molar-refractivity contribution is 5.56. The van der Waals surface area contributed by atoms with E-state index in [0.29, 0.717) is 0 Å². The highest BCUT2D eigenvalue weighted by Crippen LogP contribution is 1.87. The third kappa shape index (κ3) is 7.31. The summed E-state index contributed by atoms with van der Waals surface area (Å²) in [6.07, 6.45) is 4.67. The van der Waals surface area contributed by atoms with Crippen LogP contribution in [0.4, 0.5) is 0 Å². The van der Waals surface area contributed by atoms with E-state index < -0.39 is 0 Å². The summed E-state index contributed by atoms with van der Waals surface area (Å²) in [6, 6.07) is 0. The summed E-state index contributed by atoms with van der Waals surface area (Å²) in [5, 5.41) is 12.1. The summed E-state index contributed by atoms with van der Waals surface area (Å²) >= 11 is 0. The molecule has 76 valence electrons. The standard InChI is InChI=1S/C9H20N4/c1-5-7-11-13(4)9-8-12(3)10-6-2/h6-7H,5,8-9H2,1-4H3/b10-6-,11-7-. The lowest BCUT2D eigenvalue weighted by Gasteiger charge is -2.17. The van der Waals surface area contributed by atoms with Gasteiger partial charge in [-0.25, -0.2) is 0 Å². The molecule has 0 N–H and O–H groups in total. The van der Waals surface area contributed by atoms with E-state index in [4.69, 9.17) is 0 Å². The number of likely N-dealkylation sites (N-methyl/N-ethyl adjacent to an activating group) is 2. The molecule has 0 aromatic carbocycles. The summed E-state index contributed by atoms with van der Waals surface area (Å²) in [5.74, 6) is 0. The minimum Gasteiger partial charge on any atom is -0.299 e. The average molecular weight is 184 g/mol. The van der Waals surface area contributed by atoms with Crippen molar-refractivity contribution in [3.63, 3.8) is 0 Å². The van der Waals surface area contributed by atoms with E-state index in [1.165, 1.54) is 0 Å². The van der Waals surface area contributed by atoms with Crippen molar-refractivity contribution in [1.29, 1.82) is 0 Å². The first-order valence-corrected chi connectivity index (χ1v) is 4.64. The predicted molar refractivity (Wildman–Crippen MR) is 58.2 cm³/mol. The topological polar surface area (TPSA) is 31.2 Å². The van der Waals surface area contributed by atoms with Gasteiger partial charge in [-0.2, -0.15) is 10.2 Å². The van der Waals surface area contributed by atoms with Crippen LogP contribution >= 0.6 is 0 Å². The number of hydrogen-bond donors (Lipinski definition) is 0. The number of nitrogens with zero attached hydrogens (tertiary/aromatic N) is 4. The summed E-state index contributed by atoms with van der Waals surface area (Å²) in [6.45, 7) is 5.77. The molecule has 0 aliphatic carbocycles. The maximum atomic E-state index is 4.20. The summed E-state index contributed by atoms with van der Waals surface area (Å²) < 4.78 is 0. The monoisotopic (exact) mass is 184 g/mol. The van der Waals surface area contributed by atoms with Gasteiger partial charge in [-0.3, -0.25) is 10.0 Å². The molecular weight excluding hydrogens is 164 g/mol. The van der Waals surface area contributed by atoms with Crippen molar-refractivity contribution >= 4 is 12.4 Å². The smallest absolute Gasteiger partial charge is 0.0549 e. The van der Waals surface area contributed by atoms with Crippen LogP contribution in [-0.4, -0.2) is 49.6 Å². The maximum absolute atomic E-state index is 4.20. The molecule has 0 fully saturated rings. The van der Waals surface area contributed by atoms with Gasteiger partial charge in [0, 0.05) is 26.5 Å². The van der Waals surface area contributed by atoms with Crippen LogP contribution in [0, 0.1) is 0 Å². The zero-order chi connectivity index (χ0) is 10.1. The molecule has 0 spiro atoms. The molecule has 0 aromatic rings. The molecule has 0 saturated carbocycles. The van der Waals surface area contributed by atoms with Gasteiger partial charge in [-0.05, 0) is 13.3 Å². The molecule has 0 amide bonds. The summed E-state index contributed by atoms with van der Waals surface area (Å²) in [7, 11) is 3.92. The Bertz CT molecular complexity index is 165. The van der Waals surface area contributed by atoms with Crippen molar-refractivity contribution in [1.82, 2.24) is 10.0 Å². The molecule has 4 nitrogen and oxygen atoms in total. The SMILES string of the molecule is C/C=N\N(C)CCN(C)/N=C\CC. The molecule has 0 rings (SSSR count). The Morgan fingerprint density at radius 3 is 2.08 bits per heavy atom.